The Labute approximate surface area is 68.3 Å². The fourth-order valence-electron chi connectivity index (χ4n) is 0.640. The molecule has 0 aromatic heterocycles. The molecule has 0 rings (SSSR count). The van der Waals surface area contributed by atoms with Crippen molar-refractivity contribution in [1.82, 2.24) is 0 Å². The number of alkyl halides is 1. The third-order valence-corrected chi connectivity index (χ3v) is 3.53. The molecule has 56 valence electrons. The molecule has 0 saturated carbocycles. The summed E-state index contributed by atoms with van der Waals surface area (Å²) in [5, 5.41) is 0. The van der Waals surface area contributed by atoms with Crippen molar-refractivity contribution in [1.29, 1.82) is 0 Å². The van der Waals surface area contributed by atoms with E-state index in [1.54, 1.807) is 0 Å². The number of unbranched alkanes of at least 4 members (excludes halogenated alkanes) is 1. The van der Waals surface area contributed by atoms with Crippen LogP contribution in [0.1, 0.15) is 12.8 Å². The van der Waals surface area contributed by atoms with Crippen molar-refractivity contribution in [2.45, 2.75) is 32.0 Å². The monoisotopic (exact) mass is 184 g/mol. The minimum absolute atomic E-state index is 0.779. The molecule has 0 atom stereocenters. The molecule has 0 aromatic rings. The molecule has 0 nitrogen and oxygen atoms in total. The van der Waals surface area contributed by atoms with Gasteiger partial charge in [0.1, 0.15) is 7.38 Å². The van der Waals surface area contributed by atoms with Gasteiger partial charge in [0, 0.05) is 5.88 Å². The average molecular weight is 185 g/mol. The van der Waals surface area contributed by atoms with Crippen LogP contribution < -0.4 is 0 Å². The Kier molecular flexibility index (Phi) is 4.99. The molecule has 0 spiro atoms. The molecule has 0 fully saturated rings. The van der Waals surface area contributed by atoms with Crippen molar-refractivity contribution >= 4 is 30.1 Å². The van der Waals surface area contributed by atoms with Crippen LogP contribution in [0.15, 0.2) is 0 Å². The molecular weight excluding hydrogens is 171 g/mol. The van der Waals surface area contributed by atoms with Gasteiger partial charge in [-0.3, -0.25) is 0 Å². The second-order valence-electron chi connectivity index (χ2n) is 2.86. The molecule has 0 saturated heterocycles. The summed E-state index contributed by atoms with van der Waals surface area (Å²) in [6.07, 6.45) is 2.32. The van der Waals surface area contributed by atoms with Gasteiger partial charge in [0.15, 0.2) is 0 Å². The minimum Gasteiger partial charge on any atom is -0.168 e. The van der Waals surface area contributed by atoms with E-state index in [4.69, 9.17) is 22.7 Å². The van der Waals surface area contributed by atoms with E-state index in [-0.39, 0.29) is 0 Å². The van der Waals surface area contributed by atoms with Crippen molar-refractivity contribution in [2.24, 2.45) is 0 Å². The Hall–Kier alpha value is 0.797. The van der Waals surface area contributed by atoms with E-state index in [1.165, 1.54) is 12.5 Å². The van der Waals surface area contributed by atoms with Gasteiger partial charge in [0.25, 0.3) is 0 Å². The molecule has 0 unspecified atom stereocenters. The highest BCUT2D eigenvalue weighted by Crippen LogP contribution is 2.17. The summed E-state index contributed by atoms with van der Waals surface area (Å²) < 4.78 is 0. The number of rotatable bonds is 4. The molecule has 9 heavy (non-hydrogen) atoms. The van der Waals surface area contributed by atoms with Gasteiger partial charge in [-0.05, 0) is 12.5 Å². The van der Waals surface area contributed by atoms with E-state index < -0.39 is 7.38 Å². The lowest BCUT2D eigenvalue weighted by Gasteiger charge is -2.10. The third kappa shape index (κ3) is 8.80. The van der Waals surface area contributed by atoms with Gasteiger partial charge in [0.2, 0.25) is 0 Å². The summed E-state index contributed by atoms with van der Waals surface area (Å²) in [5.41, 5.74) is 0. The fourth-order valence-corrected chi connectivity index (χ4v) is 2.32. The molecule has 0 N–H and O–H groups in total. The summed E-state index contributed by atoms with van der Waals surface area (Å²) >= 11 is 11.6. The molecule has 0 bridgehead atoms. The van der Waals surface area contributed by atoms with Crippen LogP contribution in [0, 0.1) is 0 Å². The highest BCUT2D eigenvalue weighted by molar-refractivity contribution is 7.19. The zero-order valence-corrected chi connectivity index (χ0v) is 8.60. The zero-order chi connectivity index (χ0) is 7.33. The first-order valence-electron chi connectivity index (χ1n) is 3.31. The lowest BCUT2D eigenvalue weighted by Crippen LogP contribution is -2.14. The quantitative estimate of drug-likeness (QED) is 0.272. The Morgan fingerprint density at radius 2 is 1.78 bits per heavy atom. The van der Waals surface area contributed by atoms with Gasteiger partial charge < -0.3 is 0 Å². The van der Waals surface area contributed by atoms with E-state index in [0.717, 1.165) is 12.3 Å². The van der Waals surface area contributed by atoms with E-state index in [9.17, 15) is 0 Å². The second-order valence-corrected chi connectivity index (χ2v) is 10.2. The molecule has 0 aliphatic heterocycles. The average Bonchev–Trinajstić information content (AvgIpc) is 1.63. The topological polar surface area (TPSA) is 0 Å². The van der Waals surface area contributed by atoms with E-state index in [2.05, 4.69) is 13.1 Å². The van der Waals surface area contributed by atoms with Crippen LogP contribution in [0.3, 0.4) is 0 Å². The fraction of sp³-hybridized carbons (Fsp3) is 1.00. The zero-order valence-electron chi connectivity index (χ0n) is 6.08. The van der Waals surface area contributed by atoms with Crippen molar-refractivity contribution in [3.63, 3.8) is 0 Å². The van der Waals surface area contributed by atoms with Gasteiger partial charge in [-0.25, -0.2) is 0 Å². The predicted octanol–water partition coefficient (Wildman–Crippen LogP) is 3.45. The van der Waals surface area contributed by atoms with Gasteiger partial charge >= 0.3 is 0 Å². The molecule has 0 aliphatic rings. The van der Waals surface area contributed by atoms with Gasteiger partial charge in [0.05, 0.1) is 0 Å². The van der Waals surface area contributed by atoms with E-state index >= 15 is 0 Å². The SMILES string of the molecule is C[Si](C)(Cl)CCCCCl. The van der Waals surface area contributed by atoms with Crippen LogP contribution in [0.25, 0.3) is 0 Å². The minimum atomic E-state index is -1.28. The maximum Gasteiger partial charge on any atom is 0.150 e. The number of halogens is 2. The van der Waals surface area contributed by atoms with Crippen LogP contribution in [0.4, 0.5) is 0 Å². The Morgan fingerprint density at radius 3 is 2.11 bits per heavy atom. The molecule has 0 amide bonds. The summed E-state index contributed by atoms with van der Waals surface area (Å²) in [5.74, 6) is 0.779. The highest BCUT2D eigenvalue weighted by atomic mass is 35.6. The largest absolute Gasteiger partial charge is 0.168 e. The summed E-state index contributed by atoms with van der Waals surface area (Å²) in [6, 6.07) is 1.20. The van der Waals surface area contributed by atoms with Crippen LogP contribution in [0.2, 0.25) is 19.1 Å². The first-order chi connectivity index (χ1) is 4.06. The van der Waals surface area contributed by atoms with Gasteiger partial charge in [-0.1, -0.05) is 19.5 Å². The lowest BCUT2D eigenvalue weighted by atomic mass is 10.4. The first kappa shape index (κ1) is 9.80. The lowest BCUT2D eigenvalue weighted by molar-refractivity contribution is 0.879. The smallest absolute Gasteiger partial charge is 0.150 e. The molecule has 0 aliphatic carbocycles. The number of hydrogen-bond acceptors (Lipinski definition) is 0. The molecular formula is C6H14Cl2Si. The van der Waals surface area contributed by atoms with E-state index in [0.29, 0.717) is 0 Å². The Bertz CT molecular complexity index is 67.9. The van der Waals surface area contributed by atoms with Crippen LogP contribution in [0.5, 0.6) is 0 Å². The van der Waals surface area contributed by atoms with Crippen molar-refractivity contribution in [3.05, 3.63) is 0 Å². The standard InChI is InChI=1S/C6H14Cl2Si/c1-9(2,8)6-4-3-5-7/h3-6H2,1-2H3. The van der Waals surface area contributed by atoms with Crippen LogP contribution in [-0.4, -0.2) is 13.3 Å². The second kappa shape index (κ2) is 4.59. The normalized spacial score (nSPS) is 12.0. The van der Waals surface area contributed by atoms with Crippen molar-refractivity contribution in [3.8, 4) is 0 Å². The predicted molar refractivity (Wildman–Crippen MR) is 48.1 cm³/mol. The van der Waals surface area contributed by atoms with Gasteiger partial charge in [-0.2, -0.15) is 11.1 Å². The summed E-state index contributed by atoms with van der Waals surface area (Å²) in [4.78, 5) is 0. The highest BCUT2D eigenvalue weighted by Gasteiger charge is 2.14. The van der Waals surface area contributed by atoms with E-state index in [1.807, 2.05) is 0 Å². The maximum atomic E-state index is 6.06. The molecule has 3 heteroatoms. The summed E-state index contributed by atoms with van der Waals surface area (Å²) in [7, 11) is -1.28. The molecule has 0 radical (unpaired) electrons. The third-order valence-electron chi connectivity index (χ3n) is 1.15. The first-order valence-corrected chi connectivity index (χ1v) is 8.06. The van der Waals surface area contributed by atoms with Crippen molar-refractivity contribution < 1.29 is 0 Å². The van der Waals surface area contributed by atoms with Crippen LogP contribution in [-0.2, 0) is 0 Å². The summed E-state index contributed by atoms with van der Waals surface area (Å²) in [6.45, 7) is 4.34. The van der Waals surface area contributed by atoms with Crippen LogP contribution >= 0.6 is 22.7 Å². The Morgan fingerprint density at radius 1 is 1.22 bits per heavy atom. The maximum absolute atomic E-state index is 6.06. The molecule has 0 aromatic carbocycles. The van der Waals surface area contributed by atoms with Crippen molar-refractivity contribution in [2.75, 3.05) is 5.88 Å². The Balaban J connectivity index is 3.07. The van der Waals surface area contributed by atoms with Gasteiger partial charge in [-0.15, -0.1) is 11.6 Å². The number of hydrogen-bond donors (Lipinski definition) is 0. The molecule has 0 heterocycles.